The van der Waals surface area contributed by atoms with E-state index in [0.29, 0.717) is 40.9 Å². The molecule has 2 aromatic rings. The van der Waals surface area contributed by atoms with E-state index in [1.807, 2.05) is 0 Å². The maximum Gasteiger partial charge on any atom is 0.319 e. The van der Waals surface area contributed by atoms with E-state index in [1.165, 1.54) is 0 Å². The van der Waals surface area contributed by atoms with Crippen molar-refractivity contribution in [3.05, 3.63) is 58.6 Å². The highest BCUT2D eigenvalue weighted by molar-refractivity contribution is 6.30. The summed E-state index contributed by atoms with van der Waals surface area (Å²) in [6, 6.07) is 13.0. The highest BCUT2D eigenvalue weighted by Gasteiger charge is 2.03. The fraction of sp³-hybridized carbons (Fsp3) is 0.176. The Hall–Kier alpha value is -2.44. The van der Waals surface area contributed by atoms with Crippen molar-refractivity contribution in [3.63, 3.8) is 0 Å². The number of urea groups is 2. The number of amides is 4. The van der Waals surface area contributed by atoms with Crippen LogP contribution in [-0.4, -0.2) is 25.2 Å². The number of halogens is 2. The second-order valence-electron chi connectivity index (χ2n) is 5.13. The molecule has 0 aromatic heterocycles. The highest BCUT2D eigenvalue weighted by atomic mass is 35.5. The second kappa shape index (κ2) is 9.76. The van der Waals surface area contributed by atoms with Crippen molar-refractivity contribution in [3.8, 4) is 0 Å². The Balaban J connectivity index is 1.57. The summed E-state index contributed by atoms with van der Waals surface area (Å²) in [4.78, 5) is 23.4. The summed E-state index contributed by atoms with van der Waals surface area (Å²) in [6.45, 7) is 0.862. The first-order valence-electron chi connectivity index (χ1n) is 7.64. The Morgan fingerprint density at radius 1 is 0.680 bits per heavy atom. The molecule has 0 aliphatic rings. The number of carbonyl (C=O) groups excluding carboxylic acids is 2. The van der Waals surface area contributed by atoms with Gasteiger partial charge in [0.15, 0.2) is 0 Å². The van der Waals surface area contributed by atoms with Crippen molar-refractivity contribution in [2.75, 3.05) is 23.7 Å². The molecule has 0 unspecified atom stereocenters. The smallest absolute Gasteiger partial charge is 0.319 e. The molecule has 0 saturated carbocycles. The molecule has 132 valence electrons. The Labute approximate surface area is 155 Å². The zero-order valence-corrected chi connectivity index (χ0v) is 14.8. The molecular formula is C17H18Cl2N4O2. The van der Waals surface area contributed by atoms with Gasteiger partial charge in [0.25, 0.3) is 0 Å². The van der Waals surface area contributed by atoms with Gasteiger partial charge in [0.2, 0.25) is 0 Å². The lowest BCUT2D eigenvalue weighted by Gasteiger charge is -2.09. The van der Waals surface area contributed by atoms with Gasteiger partial charge in [-0.15, -0.1) is 0 Å². The molecule has 6 nitrogen and oxygen atoms in total. The van der Waals surface area contributed by atoms with E-state index < -0.39 is 0 Å². The molecule has 25 heavy (non-hydrogen) atoms. The van der Waals surface area contributed by atoms with Crippen molar-refractivity contribution >= 4 is 46.6 Å². The highest BCUT2D eigenvalue weighted by Crippen LogP contribution is 2.13. The maximum absolute atomic E-state index is 11.7. The number of anilines is 2. The predicted molar refractivity (Wildman–Crippen MR) is 102 cm³/mol. The fourth-order valence-corrected chi connectivity index (χ4v) is 2.16. The Morgan fingerprint density at radius 3 is 1.40 bits per heavy atom. The van der Waals surface area contributed by atoms with Crippen LogP contribution >= 0.6 is 23.2 Å². The van der Waals surface area contributed by atoms with Crippen LogP contribution in [0.25, 0.3) is 0 Å². The molecule has 0 aliphatic heterocycles. The molecule has 4 amide bonds. The van der Waals surface area contributed by atoms with Gasteiger partial charge in [-0.3, -0.25) is 0 Å². The van der Waals surface area contributed by atoms with Crippen molar-refractivity contribution < 1.29 is 9.59 Å². The minimum atomic E-state index is -0.312. The quantitative estimate of drug-likeness (QED) is 0.562. The molecule has 0 atom stereocenters. The number of rotatable bonds is 6. The van der Waals surface area contributed by atoms with Crippen molar-refractivity contribution in [2.45, 2.75) is 6.42 Å². The van der Waals surface area contributed by atoms with Crippen LogP contribution in [0.15, 0.2) is 48.5 Å². The van der Waals surface area contributed by atoms with Crippen molar-refractivity contribution in [1.29, 1.82) is 0 Å². The minimum absolute atomic E-state index is 0.312. The molecule has 0 aliphatic carbocycles. The van der Waals surface area contributed by atoms with E-state index in [2.05, 4.69) is 21.3 Å². The average molecular weight is 381 g/mol. The van der Waals surface area contributed by atoms with Gasteiger partial charge in [0.05, 0.1) is 0 Å². The second-order valence-corrected chi connectivity index (χ2v) is 6.00. The number of carbonyl (C=O) groups is 2. The predicted octanol–water partition coefficient (Wildman–Crippen LogP) is 4.33. The molecule has 0 radical (unpaired) electrons. The summed E-state index contributed by atoms with van der Waals surface area (Å²) >= 11 is 11.6. The van der Waals surface area contributed by atoms with Crippen LogP contribution in [-0.2, 0) is 0 Å². The summed E-state index contributed by atoms with van der Waals surface area (Å²) < 4.78 is 0. The van der Waals surface area contributed by atoms with E-state index in [0.717, 1.165) is 0 Å². The van der Waals surface area contributed by atoms with Gasteiger partial charge in [-0.2, -0.15) is 0 Å². The zero-order valence-electron chi connectivity index (χ0n) is 13.3. The maximum atomic E-state index is 11.7. The third kappa shape index (κ3) is 7.32. The first kappa shape index (κ1) is 18.9. The Kier molecular flexibility index (Phi) is 7.37. The van der Waals surface area contributed by atoms with Crippen molar-refractivity contribution in [1.82, 2.24) is 10.6 Å². The lowest BCUT2D eigenvalue weighted by molar-refractivity contribution is 0.251. The zero-order chi connectivity index (χ0) is 18.1. The summed E-state index contributed by atoms with van der Waals surface area (Å²) in [5, 5.41) is 12.0. The van der Waals surface area contributed by atoms with Crippen LogP contribution in [0, 0.1) is 0 Å². The van der Waals surface area contributed by atoms with Gasteiger partial charge >= 0.3 is 12.1 Å². The molecule has 2 aromatic carbocycles. The molecule has 0 heterocycles. The first-order valence-corrected chi connectivity index (χ1v) is 8.39. The lowest BCUT2D eigenvalue weighted by Crippen LogP contribution is -2.34. The molecule has 0 bridgehead atoms. The van der Waals surface area contributed by atoms with E-state index >= 15 is 0 Å². The summed E-state index contributed by atoms with van der Waals surface area (Å²) in [6.07, 6.45) is 0.599. The standard InChI is InChI=1S/C17H18Cl2N4O2/c18-12-2-6-14(7-3-12)22-16(24)20-10-1-11-21-17(25)23-15-8-4-13(19)5-9-15/h2-9H,1,10-11H2,(H2,20,22,24)(H2,21,23,25). The number of hydrogen-bond donors (Lipinski definition) is 4. The van der Waals surface area contributed by atoms with Gasteiger partial charge in [-0.1, -0.05) is 23.2 Å². The summed E-state index contributed by atoms with van der Waals surface area (Å²) in [5.74, 6) is 0. The summed E-state index contributed by atoms with van der Waals surface area (Å²) in [5.41, 5.74) is 1.31. The van der Waals surface area contributed by atoms with E-state index in [1.54, 1.807) is 48.5 Å². The molecule has 0 saturated heterocycles. The normalized spacial score (nSPS) is 10.0. The molecule has 0 fully saturated rings. The third-order valence-corrected chi connectivity index (χ3v) is 3.63. The largest absolute Gasteiger partial charge is 0.338 e. The minimum Gasteiger partial charge on any atom is -0.338 e. The SMILES string of the molecule is O=C(NCCCNC(=O)Nc1ccc(Cl)cc1)Nc1ccc(Cl)cc1. The van der Waals surface area contributed by atoms with E-state index in [9.17, 15) is 9.59 Å². The van der Waals surface area contributed by atoms with Gasteiger partial charge in [-0.25, -0.2) is 9.59 Å². The fourth-order valence-electron chi connectivity index (χ4n) is 1.91. The molecule has 2 rings (SSSR count). The van der Waals surface area contributed by atoms with E-state index in [-0.39, 0.29) is 12.1 Å². The lowest BCUT2D eigenvalue weighted by atomic mass is 10.3. The van der Waals surface area contributed by atoms with Crippen LogP contribution in [0.2, 0.25) is 10.0 Å². The van der Waals surface area contributed by atoms with Crippen LogP contribution < -0.4 is 21.3 Å². The van der Waals surface area contributed by atoms with Gasteiger partial charge < -0.3 is 21.3 Å². The van der Waals surface area contributed by atoms with Gasteiger partial charge in [0.1, 0.15) is 0 Å². The van der Waals surface area contributed by atoms with Gasteiger partial charge in [-0.05, 0) is 55.0 Å². The monoisotopic (exact) mass is 380 g/mol. The number of hydrogen-bond acceptors (Lipinski definition) is 2. The molecule has 4 N–H and O–H groups in total. The molecular weight excluding hydrogens is 363 g/mol. The molecule has 8 heteroatoms. The summed E-state index contributed by atoms with van der Waals surface area (Å²) in [7, 11) is 0. The van der Waals surface area contributed by atoms with Crippen molar-refractivity contribution in [2.24, 2.45) is 0 Å². The van der Waals surface area contributed by atoms with Gasteiger partial charge in [0, 0.05) is 34.5 Å². The van der Waals surface area contributed by atoms with Crippen LogP contribution in [0.4, 0.5) is 21.0 Å². The first-order chi connectivity index (χ1) is 12.0. The average Bonchev–Trinajstić information content (AvgIpc) is 2.59. The molecule has 0 spiro atoms. The van der Waals surface area contributed by atoms with Crippen LogP contribution in [0.1, 0.15) is 6.42 Å². The topological polar surface area (TPSA) is 82.3 Å². The third-order valence-electron chi connectivity index (χ3n) is 3.13. The Bertz CT molecular complexity index is 644. The van der Waals surface area contributed by atoms with Crippen LogP contribution in [0.3, 0.4) is 0 Å². The van der Waals surface area contributed by atoms with Crippen LogP contribution in [0.5, 0.6) is 0 Å². The van der Waals surface area contributed by atoms with E-state index in [4.69, 9.17) is 23.2 Å². The Morgan fingerprint density at radius 2 is 1.04 bits per heavy atom. The number of nitrogens with one attached hydrogen (secondary N) is 4. The number of benzene rings is 2.